The maximum atomic E-state index is 5.88. The van der Waals surface area contributed by atoms with Gasteiger partial charge in [0.15, 0.2) is 0 Å². The fourth-order valence-corrected chi connectivity index (χ4v) is 2.44. The fraction of sp³-hybridized carbons (Fsp3) is 0.636. The van der Waals surface area contributed by atoms with Gasteiger partial charge in [0.1, 0.15) is 0 Å². The third-order valence-electron chi connectivity index (χ3n) is 2.25. The van der Waals surface area contributed by atoms with Crippen LogP contribution in [0.3, 0.4) is 0 Å². The van der Waals surface area contributed by atoms with Crippen LogP contribution < -0.4 is 5.32 Å². The molecule has 0 aliphatic rings. The summed E-state index contributed by atoms with van der Waals surface area (Å²) in [6.07, 6.45) is 3.85. The van der Waals surface area contributed by atoms with Crippen molar-refractivity contribution in [1.29, 1.82) is 0 Å². The third-order valence-corrected chi connectivity index (χ3v) is 3.67. The summed E-state index contributed by atoms with van der Waals surface area (Å²) in [6, 6.07) is 4.50. The molecule has 1 aromatic rings. The zero-order chi connectivity index (χ0) is 10.4. The van der Waals surface area contributed by atoms with Crippen molar-refractivity contribution < 1.29 is 0 Å². The Kier molecular flexibility index (Phi) is 5.53. The van der Waals surface area contributed by atoms with Crippen LogP contribution in [0.4, 0.5) is 0 Å². The van der Waals surface area contributed by atoms with Gasteiger partial charge in [0, 0.05) is 10.9 Å². The van der Waals surface area contributed by atoms with Gasteiger partial charge in [-0.3, -0.25) is 0 Å². The summed E-state index contributed by atoms with van der Waals surface area (Å²) in [5, 5.41) is 3.50. The summed E-state index contributed by atoms with van der Waals surface area (Å²) in [5.74, 6) is 0. The average molecular weight is 232 g/mol. The van der Waals surface area contributed by atoms with Crippen molar-refractivity contribution in [2.75, 3.05) is 6.54 Å². The molecule has 0 amide bonds. The minimum absolute atomic E-state index is 0.435. The molecule has 0 saturated heterocycles. The first-order valence-corrected chi connectivity index (χ1v) is 6.42. The van der Waals surface area contributed by atoms with Crippen LogP contribution in [0.15, 0.2) is 12.1 Å². The average Bonchev–Trinajstić information content (AvgIpc) is 2.59. The van der Waals surface area contributed by atoms with E-state index in [1.807, 2.05) is 6.07 Å². The maximum absolute atomic E-state index is 5.88. The fourth-order valence-electron chi connectivity index (χ4n) is 1.36. The van der Waals surface area contributed by atoms with E-state index in [1.165, 1.54) is 24.1 Å². The molecule has 0 bridgehead atoms. The van der Waals surface area contributed by atoms with E-state index >= 15 is 0 Å². The van der Waals surface area contributed by atoms with E-state index < -0.39 is 0 Å². The van der Waals surface area contributed by atoms with Crippen molar-refractivity contribution in [3.05, 3.63) is 21.3 Å². The Bertz CT molecular complexity index is 260. The van der Waals surface area contributed by atoms with Gasteiger partial charge in [-0.15, -0.1) is 11.3 Å². The van der Waals surface area contributed by atoms with E-state index in [1.54, 1.807) is 11.3 Å². The number of rotatable bonds is 6. The number of thiophene rings is 1. The quantitative estimate of drug-likeness (QED) is 0.722. The Labute approximate surface area is 95.5 Å². The van der Waals surface area contributed by atoms with Crippen molar-refractivity contribution in [2.45, 2.75) is 39.2 Å². The van der Waals surface area contributed by atoms with Crippen molar-refractivity contribution in [3.63, 3.8) is 0 Å². The second-order valence-corrected chi connectivity index (χ2v) is 5.27. The second-order valence-electron chi connectivity index (χ2n) is 3.52. The predicted octanol–water partition coefficient (Wildman–Crippen LogP) is 4.24. The van der Waals surface area contributed by atoms with Crippen LogP contribution in [-0.4, -0.2) is 6.54 Å². The summed E-state index contributed by atoms with van der Waals surface area (Å²) in [6.45, 7) is 5.51. The molecule has 0 aromatic carbocycles. The molecular formula is C11H18ClNS. The number of hydrogen-bond acceptors (Lipinski definition) is 2. The molecule has 0 radical (unpaired) electrons. The lowest BCUT2D eigenvalue weighted by Gasteiger charge is -2.11. The van der Waals surface area contributed by atoms with E-state index in [-0.39, 0.29) is 0 Å². The van der Waals surface area contributed by atoms with Gasteiger partial charge >= 0.3 is 0 Å². The summed E-state index contributed by atoms with van der Waals surface area (Å²) in [4.78, 5) is 1.33. The Hall–Kier alpha value is -0.0500. The molecule has 1 atom stereocenters. The zero-order valence-corrected chi connectivity index (χ0v) is 10.4. The van der Waals surface area contributed by atoms with Gasteiger partial charge in [-0.05, 0) is 32.0 Å². The Morgan fingerprint density at radius 2 is 2.21 bits per heavy atom. The normalized spacial score (nSPS) is 13.1. The van der Waals surface area contributed by atoms with Crippen LogP contribution in [0, 0.1) is 0 Å². The third kappa shape index (κ3) is 3.99. The largest absolute Gasteiger partial charge is 0.309 e. The smallest absolute Gasteiger partial charge is 0.0931 e. The zero-order valence-electron chi connectivity index (χ0n) is 8.85. The van der Waals surface area contributed by atoms with Gasteiger partial charge in [0.25, 0.3) is 0 Å². The molecule has 1 rings (SSSR count). The van der Waals surface area contributed by atoms with E-state index in [2.05, 4.69) is 25.2 Å². The molecule has 1 unspecified atom stereocenters. The number of hydrogen-bond donors (Lipinski definition) is 1. The molecule has 0 fully saturated rings. The van der Waals surface area contributed by atoms with Crippen LogP contribution >= 0.6 is 22.9 Å². The van der Waals surface area contributed by atoms with Crippen LogP contribution in [-0.2, 0) is 0 Å². The van der Waals surface area contributed by atoms with Gasteiger partial charge < -0.3 is 5.32 Å². The predicted molar refractivity (Wildman–Crippen MR) is 65.3 cm³/mol. The molecule has 14 heavy (non-hydrogen) atoms. The van der Waals surface area contributed by atoms with Gasteiger partial charge in [0.2, 0.25) is 0 Å². The molecule has 1 N–H and O–H groups in total. The summed E-state index contributed by atoms with van der Waals surface area (Å²) >= 11 is 7.54. The standard InChI is InChI=1S/C11H18ClNS/c1-3-4-5-8-13-9(2)10-6-7-11(12)14-10/h6-7,9,13H,3-5,8H2,1-2H3. The molecule has 1 nitrogen and oxygen atoms in total. The van der Waals surface area contributed by atoms with Crippen LogP contribution in [0.5, 0.6) is 0 Å². The SMILES string of the molecule is CCCCCNC(C)c1ccc(Cl)s1. The molecule has 80 valence electrons. The van der Waals surface area contributed by atoms with Gasteiger partial charge in [-0.1, -0.05) is 31.4 Å². The Morgan fingerprint density at radius 1 is 1.43 bits per heavy atom. The lowest BCUT2D eigenvalue weighted by molar-refractivity contribution is 0.549. The number of unbranched alkanes of at least 4 members (excludes halogenated alkanes) is 2. The van der Waals surface area contributed by atoms with E-state index in [0.29, 0.717) is 6.04 Å². The van der Waals surface area contributed by atoms with Crippen LogP contribution in [0.1, 0.15) is 44.0 Å². The summed E-state index contributed by atoms with van der Waals surface area (Å²) in [7, 11) is 0. The molecule has 0 aliphatic carbocycles. The maximum Gasteiger partial charge on any atom is 0.0931 e. The van der Waals surface area contributed by atoms with Gasteiger partial charge in [-0.25, -0.2) is 0 Å². The molecule has 0 spiro atoms. The first-order valence-electron chi connectivity index (χ1n) is 5.22. The summed E-state index contributed by atoms with van der Waals surface area (Å²) < 4.78 is 0.877. The highest BCUT2D eigenvalue weighted by atomic mass is 35.5. The lowest BCUT2D eigenvalue weighted by Crippen LogP contribution is -2.18. The van der Waals surface area contributed by atoms with Crippen LogP contribution in [0.2, 0.25) is 4.34 Å². The van der Waals surface area contributed by atoms with Crippen LogP contribution in [0.25, 0.3) is 0 Å². The van der Waals surface area contributed by atoms with E-state index in [0.717, 1.165) is 10.9 Å². The van der Waals surface area contributed by atoms with E-state index in [9.17, 15) is 0 Å². The van der Waals surface area contributed by atoms with Gasteiger partial charge in [0.05, 0.1) is 4.34 Å². The first-order chi connectivity index (χ1) is 6.74. The monoisotopic (exact) mass is 231 g/mol. The highest BCUT2D eigenvalue weighted by Gasteiger charge is 2.06. The summed E-state index contributed by atoms with van der Waals surface area (Å²) in [5.41, 5.74) is 0. The molecule has 1 aromatic heterocycles. The molecular weight excluding hydrogens is 214 g/mol. The lowest BCUT2D eigenvalue weighted by atomic mass is 10.2. The molecule has 0 saturated carbocycles. The molecule has 1 heterocycles. The van der Waals surface area contributed by atoms with Gasteiger partial charge in [-0.2, -0.15) is 0 Å². The van der Waals surface area contributed by atoms with E-state index in [4.69, 9.17) is 11.6 Å². The molecule has 0 aliphatic heterocycles. The van der Waals surface area contributed by atoms with Crippen molar-refractivity contribution >= 4 is 22.9 Å². The minimum Gasteiger partial charge on any atom is -0.309 e. The Balaban J connectivity index is 2.25. The highest BCUT2D eigenvalue weighted by Crippen LogP contribution is 2.26. The minimum atomic E-state index is 0.435. The second kappa shape index (κ2) is 6.44. The topological polar surface area (TPSA) is 12.0 Å². The van der Waals surface area contributed by atoms with Crippen molar-refractivity contribution in [2.24, 2.45) is 0 Å². The van der Waals surface area contributed by atoms with Crippen molar-refractivity contribution in [3.8, 4) is 0 Å². The first kappa shape index (κ1) is 12.0. The molecule has 3 heteroatoms. The number of nitrogens with one attached hydrogen (secondary N) is 1. The Morgan fingerprint density at radius 3 is 2.79 bits per heavy atom. The highest BCUT2D eigenvalue weighted by molar-refractivity contribution is 7.16. The van der Waals surface area contributed by atoms with Crippen molar-refractivity contribution in [1.82, 2.24) is 5.32 Å². The number of halogens is 1.